The minimum absolute atomic E-state index is 1.03. The van der Waals surface area contributed by atoms with Crippen molar-refractivity contribution in [2.45, 2.75) is 12.4 Å². The van der Waals surface area contributed by atoms with Gasteiger partial charge < -0.3 is 5.11 Å². The van der Waals surface area contributed by atoms with Crippen LogP contribution in [-0.4, -0.2) is 18.1 Å². The molecule has 76 valence electrons. The number of alkyl halides is 6. The largest absolute Gasteiger partial charge is 0.869 e. The van der Waals surface area contributed by atoms with Gasteiger partial charge in [-0.25, -0.2) is 0 Å². The standard InChI is InChI=1S/C5H2F6O2/c6-4(7,8)2(12)1-3(13)5(9,10)11/h1,12H/p-1/b2-1-. The molecule has 0 bridgehead atoms. The fraction of sp³-hybridized carbons (Fsp3) is 0.400. The van der Waals surface area contributed by atoms with Crippen molar-refractivity contribution in [2.24, 2.45) is 0 Å². The number of halogens is 6. The quantitative estimate of drug-likeness (QED) is 0.364. The predicted octanol–water partition coefficient (Wildman–Crippen LogP) is 0.924. The molecule has 0 spiro atoms. The second-order valence-electron chi connectivity index (χ2n) is 1.87. The van der Waals surface area contributed by atoms with Gasteiger partial charge >= 0.3 is 12.4 Å². The lowest BCUT2D eigenvalue weighted by atomic mass is 10.3. The number of hydrogen-bond acceptors (Lipinski definition) is 2. The summed E-state index contributed by atoms with van der Waals surface area (Å²) in [6.45, 7) is 0. The van der Waals surface area contributed by atoms with Crippen molar-refractivity contribution in [2.75, 3.05) is 0 Å². The molecule has 0 rings (SSSR count). The molecule has 0 aromatic heterocycles. The van der Waals surface area contributed by atoms with Crippen LogP contribution in [0.15, 0.2) is 11.8 Å². The first-order valence-electron chi connectivity index (χ1n) is 2.62. The summed E-state index contributed by atoms with van der Waals surface area (Å²) < 4.78 is 67.8. The smallest absolute Gasteiger partial charge is 0.454 e. The van der Waals surface area contributed by atoms with Crippen LogP contribution in [0.4, 0.5) is 26.3 Å². The van der Waals surface area contributed by atoms with Gasteiger partial charge in [0.05, 0.1) is 0 Å². The third kappa shape index (κ3) is 3.81. The molecule has 0 radical (unpaired) electrons. The Morgan fingerprint density at radius 3 is 1.62 bits per heavy atom. The van der Waals surface area contributed by atoms with Crippen LogP contribution in [0.25, 0.3) is 0 Å². The Kier molecular flexibility index (Phi) is 2.96. The van der Waals surface area contributed by atoms with Crippen molar-refractivity contribution < 1.29 is 36.2 Å². The van der Waals surface area contributed by atoms with E-state index in [1.54, 1.807) is 0 Å². The Labute approximate surface area is 67.5 Å². The molecule has 8 heteroatoms. The normalized spacial score (nSPS) is 14.5. The van der Waals surface area contributed by atoms with Crippen molar-refractivity contribution >= 4 is 5.78 Å². The molecule has 0 N–H and O–H groups in total. The lowest BCUT2D eigenvalue weighted by Gasteiger charge is -2.15. The van der Waals surface area contributed by atoms with Crippen molar-refractivity contribution in [3.8, 4) is 0 Å². The zero-order valence-corrected chi connectivity index (χ0v) is 5.66. The van der Waals surface area contributed by atoms with Gasteiger partial charge in [-0.3, -0.25) is 4.79 Å². The third-order valence-corrected chi connectivity index (χ3v) is 0.821. The lowest BCUT2D eigenvalue weighted by Crippen LogP contribution is -2.28. The van der Waals surface area contributed by atoms with E-state index in [2.05, 4.69) is 0 Å². The van der Waals surface area contributed by atoms with Crippen LogP contribution in [-0.2, 0) is 4.79 Å². The van der Waals surface area contributed by atoms with Crippen molar-refractivity contribution in [3.05, 3.63) is 11.8 Å². The van der Waals surface area contributed by atoms with Crippen molar-refractivity contribution in [1.29, 1.82) is 0 Å². The molecule has 0 saturated heterocycles. The SMILES string of the molecule is O=C(/C=C(\[O-])C(F)(F)F)C(F)(F)F. The molecule has 0 unspecified atom stereocenters. The van der Waals surface area contributed by atoms with Crippen LogP contribution in [0.2, 0.25) is 0 Å². The second kappa shape index (κ2) is 3.27. The van der Waals surface area contributed by atoms with Crippen LogP contribution in [0.3, 0.4) is 0 Å². The summed E-state index contributed by atoms with van der Waals surface area (Å²) in [7, 11) is 0. The fourth-order valence-electron chi connectivity index (χ4n) is 0.283. The highest BCUT2D eigenvalue weighted by Gasteiger charge is 2.38. The van der Waals surface area contributed by atoms with Gasteiger partial charge in [-0.2, -0.15) is 26.3 Å². The summed E-state index contributed by atoms with van der Waals surface area (Å²) in [5, 5.41) is 9.82. The second-order valence-corrected chi connectivity index (χ2v) is 1.87. The molecular weight excluding hydrogens is 206 g/mol. The molecule has 0 fully saturated rings. The highest BCUT2D eigenvalue weighted by atomic mass is 19.4. The van der Waals surface area contributed by atoms with Gasteiger partial charge in [0.1, 0.15) is 0 Å². The molecule has 13 heavy (non-hydrogen) atoms. The first kappa shape index (κ1) is 11.8. The molecule has 2 nitrogen and oxygen atoms in total. The Morgan fingerprint density at radius 2 is 1.38 bits per heavy atom. The number of ketones is 1. The van der Waals surface area contributed by atoms with Gasteiger partial charge in [0.25, 0.3) is 5.78 Å². The number of hydrogen-bond donors (Lipinski definition) is 0. The molecule has 0 aliphatic heterocycles. The van der Waals surface area contributed by atoms with E-state index in [0.29, 0.717) is 0 Å². The molecule has 0 saturated carbocycles. The maximum absolute atomic E-state index is 11.3. The molecule has 0 aliphatic carbocycles. The van der Waals surface area contributed by atoms with Crippen LogP contribution < -0.4 is 5.11 Å². The fourth-order valence-corrected chi connectivity index (χ4v) is 0.283. The van der Waals surface area contributed by atoms with Crippen LogP contribution >= 0.6 is 0 Å². The van der Waals surface area contributed by atoms with Gasteiger partial charge in [-0.15, -0.1) is 0 Å². The van der Waals surface area contributed by atoms with Crippen molar-refractivity contribution in [1.82, 2.24) is 0 Å². The number of carbonyl (C=O) groups is 1. The molecule has 0 aliphatic rings. The average Bonchev–Trinajstić information content (AvgIpc) is 1.82. The molecule has 0 heterocycles. The van der Waals surface area contributed by atoms with E-state index in [9.17, 15) is 36.2 Å². The summed E-state index contributed by atoms with van der Waals surface area (Å²) in [6, 6.07) is 0. The predicted molar refractivity (Wildman–Crippen MR) is 25.2 cm³/mol. The van der Waals surface area contributed by atoms with Gasteiger partial charge in [0, 0.05) is 0 Å². The van der Waals surface area contributed by atoms with Crippen LogP contribution in [0.1, 0.15) is 0 Å². The Morgan fingerprint density at radius 1 is 1.00 bits per heavy atom. The highest BCUT2D eigenvalue weighted by Crippen LogP contribution is 2.23. The Balaban J connectivity index is 4.70. The molecule has 0 aromatic rings. The van der Waals surface area contributed by atoms with E-state index in [0.717, 1.165) is 0 Å². The Hall–Kier alpha value is -1.21. The Bertz CT molecular complexity index is 234. The van der Waals surface area contributed by atoms with Gasteiger partial charge in [-0.05, 0) is 11.8 Å². The number of rotatable bonds is 1. The van der Waals surface area contributed by atoms with E-state index in [1.807, 2.05) is 0 Å². The van der Waals surface area contributed by atoms with Gasteiger partial charge in [-0.1, -0.05) is 0 Å². The average molecular weight is 207 g/mol. The zero-order chi connectivity index (χ0) is 10.9. The van der Waals surface area contributed by atoms with Gasteiger partial charge in [0.15, 0.2) is 0 Å². The topological polar surface area (TPSA) is 40.1 Å². The first-order chi connectivity index (χ1) is 5.55. The summed E-state index contributed by atoms with van der Waals surface area (Å²) in [6.07, 6.45) is -11.9. The molecule has 0 amide bonds. The van der Waals surface area contributed by atoms with E-state index in [-0.39, 0.29) is 0 Å². The van der Waals surface area contributed by atoms with Crippen LogP contribution in [0, 0.1) is 0 Å². The van der Waals surface area contributed by atoms with Gasteiger partial charge in [0.2, 0.25) is 0 Å². The van der Waals surface area contributed by atoms with E-state index in [1.165, 1.54) is 0 Å². The first-order valence-corrected chi connectivity index (χ1v) is 2.62. The minimum atomic E-state index is -5.46. The van der Waals surface area contributed by atoms with E-state index >= 15 is 0 Å². The summed E-state index contributed by atoms with van der Waals surface area (Å²) in [5.41, 5.74) is 0. The number of allylic oxidation sites excluding steroid dienone is 2. The number of carbonyl (C=O) groups excluding carboxylic acids is 1. The van der Waals surface area contributed by atoms with E-state index in [4.69, 9.17) is 0 Å². The summed E-state index contributed by atoms with van der Waals surface area (Å²) >= 11 is 0. The zero-order valence-electron chi connectivity index (χ0n) is 5.66. The van der Waals surface area contributed by atoms with Crippen molar-refractivity contribution in [3.63, 3.8) is 0 Å². The maximum atomic E-state index is 11.3. The van der Waals surface area contributed by atoms with E-state index < -0.39 is 30.0 Å². The highest BCUT2D eigenvalue weighted by molar-refractivity contribution is 5.94. The molecular formula is C5HF6O2-. The summed E-state index contributed by atoms with van der Waals surface area (Å²) in [4.78, 5) is 9.82. The third-order valence-electron chi connectivity index (χ3n) is 0.821. The molecule has 0 atom stereocenters. The lowest BCUT2D eigenvalue weighted by molar-refractivity contribution is -0.360. The minimum Gasteiger partial charge on any atom is -0.869 e. The van der Waals surface area contributed by atoms with Crippen LogP contribution in [0.5, 0.6) is 0 Å². The molecule has 0 aromatic carbocycles. The summed E-state index contributed by atoms with van der Waals surface area (Å²) in [5.74, 6) is -5.65. The monoisotopic (exact) mass is 207 g/mol. The maximum Gasteiger partial charge on any atom is 0.454 e.